The molecule has 0 amide bonds. The van der Waals surface area contributed by atoms with Crippen molar-refractivity contribution in [3.63, 3.8) is 0 Å². The maximum atomic E-state index is 11.2. The predicted octanol–water partition coefficient (Wildman–Crippen LogP) is 0.809. The van der Waals surface area contributed by atoms with Crippen molar-refractivity contribution in [2.75, 3.05) is 31.2 Å². The number of rotatable bonds is 9. The van der Waals surface area contributed by atoms with Gasteiger partial charge in [-0.2, -0.15) is 0 Å². The van der Waals surface area contributed by atoms with Crippen LogP contribution < -0.4 is 5.32 Å². The van der Waals surface area contributed by atoms with Gasteiger partial charge in [-0.25, -0.2) is 8.42 Å². The van der Waals surface area contributed by atoms with Crippen LogP contribution in [0.25, 0.3) is 0 Å². The first kappa shape index (κ1) is 15.9. The molecule has 0 unspecified atom stereocenters. The van der Waals surface area contributed by atoms with E-state index in [1.165, 1.54) is 0 Å². The van der Waals surface area contributed by atoms with E-state index in [1.54, 1.807) is 6.92 Å². The second-order valence-corrected chi connectivity index (χ2v) is 7.38. The van der Waals surface area contributed by atoms with Gasteiger partial charge >= 0.3 is 0 Å². The van der Waals surface area contributed by atoms with Crippen LogP contribution in [0.1, 0.15) is 33.6 Å². The van der Waals surface area contributed by atoms with Gasteiger partial charge in [-0.05, 0) is 24.8 Å². The van der Waals surface area contributed by atoms with E-state index in [2.05, 4.69) is 19.2 Å². The van der Waals surface area contributed by atoms with Crippen molar-refractivity contribution in [1.82, 2.24) is 5.32 Å². The number of nitrogens with one attached hydrogen (secondary N) is 1. The fraction of sp³-hybridized carbons (Fsp3) is 1.00. The minimum atomic E-state index is -2.83. The number of aliphatic hydroxyl groups is 1. The third kappa shape index (κ3) is 8.07. The van der Waals surface area contributed by atoms with Crippen LogP contribution in [-0.4, -0.2) is 44.7 Å². The topological polar surface area (TPSA) is 66.4 Å². The number of hydrogen-bond donors (Lipinski definition) is 2. The Morgan fingerprint density at radius 1 is 1.31 bits per heavy atom. The van der Waals surface area contributed by atoms with Crippen molar-refractivity contribution in [3.05, 3.63) is 0 Å². The van der Waals surface area contributed by atoms with E-state index in [0.717, 1.165) is 13.0 Å². The van der Waals surface area contributed by atoms with Gasteiger partial charge in [0.15, 0.2) is 0 Å². The molecule has 2 N–H and O–H groups in total. The van der Waals surface area contributed by atoms with E-state index in [1.807, 2.05) is 0 Å². The summed E-state index contributed by atoms with van der Waals surface area (Å²) in [5.74, 6) is 0.486. The molecule has 0 saturated heterocycles. The minimum Gasteiger partial charge on any atom is -0.396 e. The van der Waals surface area contributed by atoms with Gasteiger partial charge in [0.2, 0.25) is 0 Å². The van der Waals surface area contributed by atoms with E-state index in [9.17, 15) is 8.42 Å². The highest BCUT2D eigenvalue weighted by Gasteiger charge is 2.16. The molecule has 0 fully saturated rings. The minimum absolute atomic E-state index is 0.0678. The van der Waals surface area contributed by atoms with Gasteiger partial charge in [-0.15, -0.1) is 0 Å². The van der Waals surface area contributed by atoms with Crippen LogP contribution in [0.3, 0.4) is 0 Å². The molecule has 0 aliphatic rings. The van der Waals surface area contributed by atoms with Crippen molar-refractivity contribution < 1.29 is 13.5 Å². The predicted molar refractivity (Wildman–Crippen MR) is 67.3 cm³/mol. The van der Waals surface area contributed by atoms with Gasteiger partial charge in [-0.1, -0.05) is 20.8 Å². The molecule has 0 aromatic rings. The number of aliphatic hydroxyl groups excluding tert-OH is 1. The van der Waals surface area contributed by atoms with Gasteiger partial charge in [0.05, 0.1) is 5.75 Å². The molecule has 0 rings (SSSR count). The Kier molecular flexibility index (Phi) is 7.19. The zero-order valence-corrected chi connectivity index (χ0v) is 11.4. The molecule has 5 heteroatoms. The van der Waals surface area contributed by atoms with Crippen LogP contribution >= 0.6 is 0 Å². The standard InChI is InChI=1S/C11H25NO3S/c1-4-16(14,15)9-5-7-12-10-11(2,3)6-8-13/h12-13H,4-10H2,1-3H3. The lowest BCUT2D eigenvalue weighted by atomic mass is 9.90. The van der Waals surface area contributed by atoms with Crippen LogP contribution in [0.2, 0.25) is 0 Å². The second-order valence-electron chi connectivity index (χ2n) is 4.90. The summed E-state index contributed by atoms with van der Waals surface area (Å²) in [5, 5.41) is 12.1. The van der Waals surface area contributed by atoms with E-state index in [4.69, 9.17) is 5.11 Å². The SMILES string of the molecule is CCS(=O)(=O)CCCNCC(C)(C)CCO. The van der Waals surface area contributed by atoms with Gasteiger partial charge in [-0.3, -0.25) is 0 Å². The third-order valence-electron chi connectivity index (χ3n) is 2.64. The molecule has 16 heavy (non-hydrogen) atoms. The average Bonchev–Trinajstić information content (AvgIpc) is 2.17. The summed E-state index contributed by atoms with van der Waals surface area (Å²) in [7, 11) is -2.83. The molecule has 98 valence electrons. The molecule has 0 atom stereocenters. The number of hydrogen-bond acceptors (Lipinski definition) is 4. The molecule has 0 heterocycles. The molecule has 0 aliphatic carbocycles. The lowest BCUT2D eigenvalue weighted by Crippen LogP contribution is -2.31. The summed E-state index contributed by atoms with van der Waals surface area (Å²) in [6.45, 7) is 7.55. The molecular weight excluding hydrogens is 226 g/mol. The van der Waals surface area contributed by atoms with E-state index in [0.29, 0.717) is 13.0 Å². The molecule has 0 bridgehead atoms. The monoisotopic (exact) mass is 251 g/mol. The average molecular weight is 251 g/mol. The van der Waals surface area contributed by atoms with Crippen molar-refractivity contribution in [2.24, 2.45) is 5.41 Å². The van der Waals surface area contributed by atoms with Gasteiger partial charge < -0.3 is 10.4 Å². The molecule has 0 aromatic carbocycles. The summed E-state index contributed by atoms with van der Waals surface area (Å²) in [6, 6.07) is 0. The van der Waals surface area contributed by atoms with E-state index in [-0.39, 0.29) is 23.5 Å². The first-order valence-corrected chi connectivity index (χ1v) is 7.67. The van der Waals surface area contributed by atoms with Crippen LogP contribution in [-0.2, 0) is 9.84 Å². The first-order valence-electron chi connectivity index (χ1n) is 5.85. The van der Waals surface area contributed by atoms with Crippen molar-refractivity contribution >= 4 is 9.84 Å². The van der Waals surface area contributed by atoms with Crippen molar-refractivity contribution in [2.45, 2.75) is 33.6 Å². The van der Waals surface area contributed by atoms with Gasteiger partial charge in [0, 0.05) is 18.9 Å². The normalized spacial score (nSPS) is 13.0. The Morgan fingerprint density at radius 2 is 1.94 bits per heavy atom. The maximum absolute atomic E-state index is 11.2. The fourth-order valence-electron chi connectivity index (χ4n) is 1.38. The Labute approximate surface area is 99.4 Å². The van der Waals surface area contributed by atoms with E-state index >= 15 is 0 Å². The largest absolute Gasteiger partial charge is 0.396 e. The maximum Gasteiger partial charge on any atom is 0.150 e. The summed E-state index contributed by atoms with van der Waals surface area (Å²) >= 11 is 0. The van der Waals surface area contributed by atoms with Crippen molar-refractivity contribution in [3.8, 4) is 0 Å². The molecule has 0 spiro atoms. The molecule has 0 aliphatic heterocycles. The highest BCUT2D eigenvalue weighted by molar-refractivity contribution is 7.91. The Bertz CT molecular complexity index is 273. The van der Waals surface area contributed by atoms with Gasteiger partial charge in [0.1, 0.15) is 9.84 Å². The zero-order chi connectivity index (χ0) is 12.7. The highest BCUT2D eigenvalue weighted by atomic mass is 32.2. The third-order valence-corrected chi connectivity index (χ3v) is 4.43. The summed E-state index contributed by atoms with van der Waals surface area (Å²) in [4.78, 5) is 0. The fourth-order valence-corrected chi connectivity index (χ4v) is 2.25. The van der Waals surface area contributed by atoms with Crippen LogP contribution in [0.5, 0.6) is 0 Å². The highest BCUT2D eigenvalue weighted by Crippen LogP contribution is 2.17. The second kappa shape index (κ2) is 7.25. The van der Waals surface area contributed by atoms with Crippen LogP contribution in [0.4, 0.5) is 0 Å². The smallest absolute Gasteiger partial charge is 0.150 e. The van der Waals surface area contributed by atoms with Gasteiger partial charge in [0.25, 0.3) is 0 Å². The van der Waals surface area contributed by atoms with Crippen molar-refractivity contribution in [1.29, 1.82) is 0 Å². The summed E-state index contributed by atoms with van der Waals surface area (Å²) in [6.07, 6.45) is 1.42. The van der Waals surface area contributed by atoms with Crippen LogP contribution in [0, 0.1) is 5.41 Å². The quantitative estimate of drug-likeness (QED) is 0.595. The molecule has 4 nitrogen and oxygen atoms in total. The Hall–Kier alpha value is -0.130. The first-order chi connectivity index (χ1) is 7.33. The zero-order valence-electron chi connectivity index (χ0n) is 10.6. The molecule has 0 radical (unpaired) electrons. The molecule has 0 saturated carbocycles. The molecule has 0 aromatic heterocycles. The lowest BCUT2D eigenvalue weighted by Gasteiger charge is -2.23. The summed E-state index contributed by atoms with van der Waals surface area (Å²) in [5.41, 5.74) is 0.0678. The Balaban J connectivity index is 3.62. The Morgan fingerprint density at radius 3 is 2.44 bits per heavy atom. The van der Waals surface area contributed by atoms with Crippen LogP contribution in [0.15, 0.2) is 0 Å². The number of sulfone groups is 1. The molecular formula is C11H25NO3S. The lowest BCUT2D eigenvalue weighted by molar-refractivity contribution is 0.207. The summed E-state index contributed by atoms with van der Waals surface area (Å²) < 4.78 is 22.4. The van der Waals surface area contributed by atoms with E-state index < -0.39 is 9.84 Å².